The Labute approximate surface area is 116 Å². The minimum atomic E-state index is -3.67. The zero-order valence-corrected chi connectivity index (χ0v) is 12.1. The van der Waals surface area contributed by atoms with Crippen LogP contribution < -0.4 is 0 Å². The molecule has 0 amide bonds. The minimum absolute atomic E-state index is 0.0255. The quantitative estimate of drug-likeness (QED) is 0.843. The molecule has 0 aromatic heterocycles. The summed E-state index contributed by atoms with van der Waals surface area (Å²) in [5, 5.41) is 0.281. The van der Waals surface area contributed by atoms with E-state index < -0.39 is 10.0 Å². The fourth-order valence-corrected chi connectivity index (χ4v) is 4.45. The Morgan fingerprint density at radius 3 is 2.50 bits per heavy atom. The summed E-state index contributed by atoms with van der Waals surface area (Å²) in [6.07, 6.45) is -0.130. The van der Waals surface area contributed by atoms with Crippen molar-refractivity contribution in [1.29, 1.82) is 0 Å². The molecule has 7 heteroatoms. The van der Waals surface area contributed by atoms with Crippen LogP contribution in [0.4, 0.5) is 0 Å². The van der Waals surface area contributed by atoms with E-state index in [-0.39, 0.29) is 21.0 Å². The molecular formula is C11H13Cl2NO3S. The van der Waals surface area contributed by atoms with Gasteiger partial charge in [-0.05, 0) is 19.1 Å². The molecule has 2 rings (SSSR count). The lowest BCUT2D eigenvalue weighted by molar-refractivity contribution is 0.0102. The van der Waals surface area contributed by atoms with Gasteiger partial charge in [0.25, 0.3) is 0 Å². The highest BCUT2D eigenvalue weighted by molar-refractivity contribution is 7.89. The highest BCUT2D eigenvalue weighted by Gasteiger charge is 2.32. The van der Waals surface area contributed by atoms with E-state index >= 15 is 0 Å². The Kier molecular flexibility index (Phi) is 4.18. The number of nitrogens with zero attached hydrogens (tertiary/aromatic N) is 1. The van der Waals surface area contributed by atoms with E-state index in [0.717, 1.165) is 0 Å². The zero-order valence-electron chi connectivity index (χ0n) is 9.77. The summed E-state index contributed by atoms with van der Waals surface area (Å²) in [5.74, 6) is 0. The number of hydrogen-bond acceptors (Lipinski definition) is 3. The third-order valence-electron chi connectivity index (χ3n) is 2.72. The molecule has 18 heavy (non-hydrogen) atoms. The van der Waals surface area contributed by atoms with Gasteiger partial charge in [-0.2, -0.15) is 4.31 Å². The molecule has 0 N–H and O–H groups in total. The smallest absolute Gasteiger partial charge is 0.246 e. The molecule has 1 aliphatic rings. The molecule has 1 saturated heterocycles. The number of halogens is 2. The monoisotopic (exact) mass is 309 g/mol. The summed E-state index contributed by atoms with van der Waals surface area (Å²) in [5.41, 5.74) is 0. The fraction of sp³-hybridized carbons (Fsp3) is 0.455. The second-order valence-electron chi connectivity index (χ2n) is 4.10. The lowest BCUT2D eigenvalue weighted by Gasteiger charge is -2.30. The fourth-order valence-electron chi connectivity index (χ4n) is 1.86. The standard InChI is InChI=1S/C11H13Cl2NO3S/c1-8-7-14(5-6-17-8)18(15,16)11-9(12)3-2-4-10(11)13/h2-4,8H,5-7H2,1H3. The van der Waals surface area contributed by atoms with E-state index in [1.54, 1.807) is 6.07 Å². The number of ether oxygens (including phenoxy) is 1. The second-order valence-corrected chi connectivity index (χ2v) is 6.78. The van der Waals surface area contributed by atoms with Crippen LogP contribution in [0.2, 0.25) is 10.0 Å². The Morgan fingerprint density at radius 2 is 1.94 bits per heavy atom. The first-order valence-electron chi connectivity index (χ1n) is 5.48. The van der Waals surface area contributed by atoms with Crippen LogP contribution >= 0.6 is 23.2 Å². The summed E-state index contributed by atoms with van der Waals surface area (Å²) >= 11 is 11.9. The van der Waals surface area contributed by atoms with Crippen molar-refractivity contribution in [1.82, 2.24) is 4.31 Å². The summed E-state index contributed by atoms with van der Waals surface area (Å²) < 4.78 is 31.6. The van der Waals surface area contributed by atoms with E-state index in [1.165, 1.54) is 16.4 Å². The third-order valence-corrected chi connectivity index (χ3v) is 5.54. The first-order valence-corrected chi connectivity index (χ1v) is 7.68. The minimum Gasteiger partial charge on any atom is -0.376 e. The second kappa shape index (κ2) is 5.35. The van der Waals surface area contributed by atoms with Crippen LogP contribution in [0, 0.1) is 0 Å². The number of benzene rings is 1. The van der Waals surface area contributed by atoms with E-state index in [0.29, 0.717) is 19.7 Å². The Hall–Kier alpha value is -0.330. The van der Waals surface area contributed by atoms with Crippen LogP contribution in [-0.4, -0.2) is 38.5 Å². The van der Waals surface area contributed by atoms with Gasteiger partial charge in [-0.25, -0.2) is 8.42 Å². The Balaban J connectivity index is 2.42. The van der Waals surface area contributed by atoms with Gasteiger partial charge >= 0.3 is 0 Å². The first kappa shape index (κ1) is 14.1. The van der Waals surface area contributed by atoms with Crippen molar-refractivity contribution in [2.75, 3.05) is 19.7 Å². The maximum atomic E-state index is 12.5. The van der Waals surface area contributed by atoms with Gasteiger partial charge in [0.05, 0.1) is 22.8 Å². The average molecular weight is 310 g/mol. The normalized spacial score (nSPS) is 22.1. The molecule has 1 aromatic carbocycles. The van der Waals surface area contributed by atoms with E-state index in [9.17, 15) is 8.42 Å². The molecule has 0 spiro atoms. The highest BCUT2D eigenvalue weighted by Crippen LogP contribution is 2.32. The number of sulfonamides is 1. The van der Waals surface area contributed by atoms with Crippen molar-refractivity contribution < 1.29 is 13.2 Å². The maximum absolute atomic E-state index is 12.5. The molecule has 1 fully saturated rings. The van der Waals surface area contributed by atoms with Gasteiger partial charge in [-0.15, -0.1) is 0 Å². The molecule has 0 saturated carbocycles. The molecule has 1 aliphatic heterocycles. The van der Waals surface area contributed by atoms with Gasteiger partial charge in [0.1, 0.15) is 4.90 Å². The van der Waals surface area contributed by atoms with Crippen molar-refractivity contribution in [2.45, 2.75) is 17.9 Å². The molecule has 1 aromatic rings. The lowest BCUT2D eigenvalue weighted by atomic mass is 10.3. The van der Waals surface area contributed by atoms with Crippen LogP contribution in [0.1, 0.15) is 6.92 Å². The van der Waals surface area contributed by atoms with Gasteiger partial charge in [0, 0.05) is 13.1 Å². The maximum Gasteiger partial charge on any atom is 0.246 e. The molecule has 4 nitrogen and oxygen atoms in total. The predicted molar refractivity (Wildman–Crippen MR) is 70.6 cm³/mol. The summed E-state index contributed by atoms with van der Waals surface area (Å²) in [6.45, 7) is 2.83. The van der Waals surface area contributed by atoms with E-state index in [2.05, 4.69) is 0 Å². The number of morpholine rings is 1. The molecule has 0 aliphatic carbocycles. The van der Waals surface area contributed by atoms with Gasteiger partial charge in [0.15, 0.2) is 0 Å². The zero-order chi connectivity index (χ0) is 13.3. The third kappa shape index (κ3) is 2.65. The number of hydrogen-bond donors (Lipinski definition) is 0. The molecule has 100 valence electrons. The first-order chi connectivity index (χ1) is 8.43. The average Bonchev–Trinajstić information content (AvgIpc) is 2.28. The van der Waals surface area contributed by atoms with Crippen LogP contribution in [-0.2, 0) is 14.8 Å². The largest absolute Gasteiger partial charge is 0.376 e. The Bertz CT molecular complexity index is 527. The molecule has 0 radical (unpaired) electrons. The van der Waals surface area contributed by atoms with Crippen LogP contribution in [0.5, 0.6) is 0 Å². The van der Waals surface area contributed by atoms with Crippen molar-refractivity contribution in [3.63, 3.8) is 0 Å². The van der Waals surface area contributed by atoms with Gasteiger partial charge in [0.2, 0.25) is 10.0 Å². The van der Waals surface area contributed by atoms with Crippen LogP contribution in [0.3, 0.4) is 0 Å². The van der Waals surface area contributed by atoms with Crippen LogP contribution in [0.25, 0.3) is 0 Å². The van der Waals surface area contributed by atoms with E-state index in [4.69, 9.17) is 27.9 Å². The van der Waals surface area contributed by atoms with Gasteiger partial charge in [-0.1, -0.05) is 29.3 Å². The van der Waals surface area contributed by atoms with Gasteiger partial charge < -0.3 is 4.74 Å². The molecule has 1 atom stereocenters. The van der Waals surface area contributed by atoms with E-state index in [1.807, 2.05) is 6.92 Å². The topological polar surface area (TPSA) is 46.6 Å². The van der Waals surface area contributed by atoms with Crippen LogP contribution in [0.15, 0.2) is 23.1 Å². The summed E-state index contributed by atoms with van der Waals surface area (Å²) in [6, 6.07) is 4.65. The molecule has 1 heterocycles. The predicted octanol–water partition coefficient (Wildman–Crippen LogP) is 2.40. The number of rotatable bonds is 2. The Morgan fingerprint density at radius 1 is 1.33 bits per heavy atom. The van der Waals surface area contributed by atoms with Crippen molar-refractivity contribution >= 4 is 33.2 Å². The summed E-state index contributed by atoms with van der Waals surface area (Å²) in [7, 11) is -3.67. The SMILES string of the molecule is CC1CN(S(=O)(=O)c2c(Cl)cccc2Cl)CCO1. The highest BCUT2D eigenvalue weighted by atomic mass is 35.5. The van der Waals surface area contributed by atoms with Crippen molar-refractivity contribution in [3.05, 3.63) is 28.2 Å². The van der Waals surface area contributed by atoms with Crippen molar-refractivity contribution in [2.24, 2.45) is 0 Å². The molecule has 0 bridgehead atoms. The van der Waals surface area contributed by atoms with Gasteiger partial charge in [-0.3, -0.25) is 0 Å². The lowest BCUT2D eigenvalue weighted by Crippen LogP contribution is -2.44. The molecule has 1 unspecified atom stereocenters. The van der Waals surface area contributed by atoms with Crippen molar-refractivity contribution in [3.8, 4) is 0 Å². The summed E-state index contributed by atoms with van der Waals surface area (Å²) in [4.78, 5) is -0.0255. The molecular weight excluding hydrogens is 297 g/mol.